The van der Waals surface area contributed by atoms with Gasteiger partial charge in [0, 0.05) is 37.7 Å². The molecule has 0 aliphatic heterocycles. The fraction of sp³-hybridized carbons (Fsp3) is 0.471. The van der Waals surface area contributed by atoms with E-state index in [1.165, 1.54) is 0 Å². The van der Waals surface area contributed by atoms with E-state index in [2.05, 4.69) is 11.8 Å². The molecule has 0 unspecified atom stereocenters. The van der Waals surface area contributed by atoms with Crippen LogP contribution in [0.15, 0.2) is 18.2 Å². The third-order valence-corrected chi connectivity index (χ3v) is 3.17. The monoisotopic (exact) mass is 288 g/mol. The van der Waals surface area contributed by atoms with Crippen LogP contribution in [0.1, 0.15) is 27.9 Å². The Hall–Kier alpha value is -1.83. The molecule has 1 amide bonds. The van der Waals surface area contributed by atoms with Gasteiger partial charge < -0.3 is 14.9 Å². The molecule has 21 heavy (non-hydrogen) atoms. The second kappa shape index (κ2) is 8.46. The average molecular weight is 288 g/mol. The molecule has 0 spiro atoms. The zero-order valence-corrected chi connectivity index (χ0v) is 13.3. The molecule has 1 aromatic carbocycles. The van der Waals surface area contributed by atoms with E-state index < -0.39 is 0 Å². The molecule has 0 aliphatic carbocycles. The first-order chi connectivity index (χ1) is 9.95. The Bertz CT molecular complexity index is 541. The summed E-state index contributed by atoms with van der Waals surface area (Å²) >= 11 is 0. The van der Waals surface area contributed by atoms with Crippen molar-refractivity contribution in [2.24, 2.45) is 0 Å². The third-order valence-electron chi connectivity index (χ3n) is 3.17. The highest BCUT2D eigenvalue weighted by molar-refractivity contribution is 5.94. The molecule has 4 heteroatoms. The maximum atomic E-state index is 12.4. The van der Waals surface area contributed by atoms with E-state index in [0.717, 1.165) is 17.7 Å². The summed E-state index contributed by atoms with van der Waals surface area (Å²) in [5, 5.41) is 8.77. The number of amides is 1. The number of aliphatic hydroxyl groups is 1. The highest BCUT2D eigenvalue weighted by atomic mass is 16.2. The first kappa shape index (κ1) is 17.2. The van der Waals surface area contributed by atoms with Crippen LogP contribution < -0.4 is 0 Å². The van der Waals surface area contributed by atoms with Gasteiger partial charge >= 0.3 is 0 Å². The molecule has 0 saturated heterocycles. The molecule has 1 rings (SSSR count). The first-order valence-corrected chi connectivity index (χ1v) is 7.06. The molecule has 1 aromatic rings. The number of aryl methyl sites for hydroxylation is 1. The van der Waals surface area contributed by atoms with Gasteiger partial charge in [0.25, 0.3) is 5.91 Å². The van der Waals surface area contributed by atoms with E-state index in [1.54, 1.807) is 4.90 Å². The predicted molar refractivity (Wildman–Crippen MR) is 85.3 cm³/mol. The summed E-state index contributed by atoms with van der Waals surface area (Å²) in [6.45, 7) is 3.54. The smallest absolute Gasteiger partial charge is 0.253 e. The predicted octanol–water partition coefficient (Wildman–Crippen LogP) is 1.36. The summed E-state index contributed by atoms with van der Waals surface area (Å²) in [6, 6.07) is 5.57. The molecule has 114 valence electrons. The number of hydrogen-bond acceptors (Lipinski definition) is 3. The Morgan fingerprint density at radius 1 is 1.24 bits per heavy atom. The molecule has 0 aromatic heterocycles. The normalized spacial score (nSPS) is 10.2. The van der Waals surface area contributed by atoms with Gasteiger partial charge in [-0.3, -0.25) is 4.79 Å². The van der Waals surface area contributed by atoms with E-state index in [1.807, 2.05) is 51.2 Å². The Labute approximate surface area is 127 Å². The molecule has 0 heterocycles. The lowest BCUT2D eigenvalue weighted by atomic mass is 10.0. The first-order valence-electron chi connectivity index (χ1n) is 7.06. The van der Waals surface area contributed by atoms with Gasteiger partial charge in [-0.2, -0.15) is 0 Å². The van der Waals surface area contributed by atoms with Gasteiger partial charge in [0.15, 0.2) is 0 Å². The lowest BCUT2D eigenvalue weighted by molar-refractivity contribution is 0.0786. The summed E-state index contributed by atoms with van der Waals surface area (Å²) in [4.78, 5) is 16.1. The maximum absolute atomic E-state index is 12.4. The summed E-state index contributed by atoms with van der Waals surface area (Å²) < 4.78 is 0. The largest absolute Gasteiger partial charge is 0.395 e. The highest BCUT2D eigenvalue weighted by Gasteiger charge is 2.12. The molecule has 0 radical (unpaired) electrons. The third kappa shape index (κ3) is 5.58. The van der Waals surface area contributed by atoms with E-state index in [-0.39, 0.29) is 12.5 Å². The second-order valence-electron chi connectivity index (χ2n) is 5.34. The molecule has 0 bridgehead atoms. The van der Waals surface area contributed by atoms with Crippen LogP contribution in [0.5, 0.6) is 0 Å². The lowest BCUT2D eigenvalue weighted by Crippen LogP contribution is -2.33. The topological polar surface area (TPSA) is 43.8 Å². The molecule has 0 saturated carbocycles. The van der Waals surface area contributed by atoms with Gasteiger partial charge in [-0.25, -0.2) is 0 Å². The molecule has 1 N–H and O–H groups in total. The number of carbonyl (C=O) groups is 1. The number of likely N-dealkylation sites (N-methyl/N-ethyl adjacent to an activating group) is 2. The van der Waals surface area contributed by atoms with Crippen LogP contribution in [0.4, 0.5) is 0 Å². The lowest BCUT2D eigenvalue weighted by Gasteiger charge is -2.20. The number of carbonyl (C=O) groups excluding carboxylic acids is 1. The fourth-order valence-corrected chi connectivity index (χ4v) is 1.78. The summed E-state index contributed by atoms with van der Waals surface area (Å²) in [5.74, 6) is 5.91. The SMILES string of the molecule is Cc1ccc(C(=O)N(C)CCN(C)C)cc1C#CCCO. The quantitative estimate of drug-likeness (QED) is 0.832. The minimum absolute atomic E-state index is 0.00191. The highest BCUT2D eigenvalue weighted by Crippen LogP contribution is 2.12. The van der Waals surface area contributed by atoms with Crippen LogP contribution in [0.25, 0.3) is 0 Å². The molecule has 0 atom stereocenters. The summed E-state index contributed by atoms with van der Waals surface area (Å²) in [6.07, 6.45) is 0.445. The van der Waals surface area contributed by atoms with Crippen LogP contribution in [0, 0.1) is 18.8 Å². The van der Waals surface area contributed by atoms with Crippen molar-refractivity contribution in [3.05, 3.63) is 34.9 Å². The number of rotatable bonds is 5. The van der Waals surface area contributed by atoms with Crippen molar-refractivity contribution in [2.75, 3.05) is 40.8 Å². The Balaban J connectivity index is 2.86. The van der Waals surface area contributed by atoms with Crippen LogP contribution in [-0.4, -0.2) is 61.7 Å². The van der Waals surface area contributed by atoms with Gasteiger partial charge in [0.1, 0.15) is 0 Å². The van der Waals surface area contributed by atoms with Gasteiger partial charge in [-0.05, 0) is 38.7 Å². The fourth-order valence-electron chi connectivity index (χ4n) is 1.78. The second-order valence-corrected chi connectivity index (χ2v) is 5.34. The van der Waals surface area contributed by atoms with E-state index in [0.29, 0.717) is 18.5 Å². The number of hydrogen-bond donors (Lipinski definition) is 1. The standard InChI is InChI=1S/C17H24N2O2/c1-14-8-9-16(13-15(14)7-5-6-12-20)17(21)19(4)11-10-18(2)3/h8-9,13,20H,6,10-12H2,1-4H3. The zero-order chi connectivity index (χ0) is 15.8. The number of nitrogens with zero attached hydrogens (tertiary/aromatic N) is 2. The molecule has 4 nitrogen and oxygen atoms in total. The Morgan fingerprint density at radius 2 is 1.95 bits per heavy atom. The van der Waals surface area contributed by atoms with Crippen LogP contribution in [0.3, 0.4) is 0 Å². The van der Waals surface area contributed by atoms with Gasteiger partial charge in [-0.15, -0.1) is 0 Å². The molecule has 0 aliphatic rings. The Morgan fingerprint density at radius 3 is 2.57 bits per heavy atom. The van der Waals surface area contributed by atoms with Crippen molar-refractivity contribution >= 4 is 5.91 Å². The van der Waals surface area contributed by atoms with Crippen molar-refractivity contribution in [2.45, 2.75) is 13.3 Å². The van der Waals surface area contributed by atoms with E-state index in [9.17, 15) is 4.79 Å². The molecule has 0 fully saturated rings. The Kier molecular flexibility index (Phi) is 6.93. The van der Waals surface area contributed by atoms with E-state index >= 15 is 0 Å². The van der Waals surface area contributed by atoms with E-state index in [4.69, 9.17) is 5.11 Å². The van der Waals surface area contributed by atoms with Crippen molar-refractivity contribution in [3.63, 3.8) is 0 Å². The minimum atomic E-state index is 0.00191. The van der Waals surface area contributed by atoms with Crippen molar-refractivity contribution in [1.29, 1.82) is 0 Å². The summed E-state index contributed by atoms with van der Waals surface area (Å²) in [5.41, 5.74) is 2.53. The van der Waals surface area contributed by atoms with Gasteiger partial charge in [0.2, 0.25) is 0 Å². The van der Waals surface area contributed by atoms with Crippen LogP contribution in [0.2, 0.25) is 0 Å². The molecular weight excluding hydrogens is 264 g/mol. The maximum Gasteiger partial charge on any atom is 0.253 e. The number of aliphatic hydroxyl groups excluding tert-OH is 1. The van der Waals surface area contributed by atoms with Gasteiger partial charge in [-0.1, -0.05) is 17.9 Å². The van der Waals surface area contributed by atoms with Crippen LogP contribution in [-0.2, 0) is 0 Å². The summed E-state index contributed by atoms with van der Waals surface area (Å²) in [7, 11) is 5.78. The number of benzene rings is 1. The van der Waals surface area contributed by atoms with Crippen molar-refractivity contribution in [1.82, 2.24) is 9.80 Å². The van der Waals surface area contributed by atoms with Gasteiger partial charge in [0.05, 0.1) is 6.61 Å². The van der Waals surface area contributed by atoms with Crippen LogP contribution >= 0.6 is 0 Å². The minimum Gasteiger partial charge on any atom is -0.395 e. The van der Waals surface area contributed by atoms with Crippen molar-refractivity contribution in [3.8, 4) is 11.8 Å². The zero-order valence-electron chi connectivity index (χ0n) is 13.3. The average Bonchev–Trinajstić information content (AvgIpc) is 2.46. The van der Waals surface area contributed by atoms with Crippen molar-refractivity contribution < 1.29 is 9.90 Å². The molecular formula is C17H24N2O2.